The highest BCUT2D eigenvalue weighted by molar-refractivity contribution is 8.02. The van der Waals surface area contributed by atoms with Crippen LogP contribution in [0.4, 0.5) is 0 Å². The van der Waals surface area contributed by atoms with Crippen molar-refractivity contribution in [2.45, 2.75) is 30.0 Å². The van der Waals surface area contributed by atoms with Crippen LogP contribution < -0.4 is 5.32 Å². The topological polar surface area (TPSA) is 42.0 Å². The molecular formula is C20H20N2OS2. The van der Waals surface area contributed by atoms with E-state index in [1.807, 2.05) is 42.6 Å². The van der Waals surface area contributed by atoms with Crippen molar-refractivity contribution in [2.24, 2.45) is 0 Å². The van der Waals surface area contributed by atoms with E-state index in [0.29, 0.717) is 6.54 Å². The van der Waals surface area contributed by atoms with E-state index in [4.69, 9.17) is 0 Å². The summed E-state index contributed by atoms with van der Waals surface area (Å²) in [6.07, 6.45) is 0. The Bertz CT molecular complexity index is 828. The number of hydrogen-bond donors (Lipinski definition) is 1. The Kier molecular flexibility index (Phi) is 5.89. The molecule has 0 aliphatic carbocycles. The minimum absolute atomic E-state index is 0.0286. The summed E-state index contributed by atoms with van der Waals surface area (Å²) in [6, 6.07) is 18.3. The van der Waals surface area contributed by atoms with Crippen LogP contribution in [0.2, 0.25) is 0 Å². The van der Waals surface area contributed by atoms with E-state index < -0.39 is 0 Å². The van der Waals surface area contributed by atoms with Gasteiger partial charge in [-0.2, -0.15) is 0 Å². The SMILES string of the molecule is Cc1ccc(-c2csc(SC(C)C(=O)NCc3ccccc3)n2)cc1. The van der Waals surface area contributed by atoms with Gasteiger partial charge >= 0.3 is 0 Å². The molecule has 0 radical (unpaired) electrons. The van der Waals surface area contributed by atoms with Gasteiger partial charge in [-0.3, -0.25) is 4.79 Å². The van der Waals surface area contributed by atoms with Crippen LogP contribution in [0.1, 0.15) is 18.1 Å². The summed E-state index contributed by atoms with van der Waals surface area (Å²) in [5.41, 5.74) is 4.40. The Labute approximate surface area is 156 Å². The summed E-state index contributed by atoms with van der Waals surface area (Å²) in [4.78, 5) is 16.9. The maximum Gasteiger partial charge on any atom is 0.233 e. The summed E-state index contributed by atoms with van der Waals surface area (Å²) in [5, 5.41) is 4.84. The van der Waals surface area contributed by atoms with Gasteiger partial charge in [0.15, 0.2) is 4.34 Å². The zero-order chi connectivity index (χ0) is 17.6. The van der Waals surface area contributed by atoms with Crippen molar-refractivity contribution in [1.29, 1.82) is 0 Å². The number of carbonyl (C=O) groups excluding carboxylic acids is 1. The van der Waals surface area contributed by atoms with Gasteiger partial charge in [0.05, 0.1) is 10.9 Å². The van der Waals surface area contributed by atoms with Crippen LogP contribution in [-0.2, 0) is 11.3 Å². The zero-order valence-electron chi connectivity index (χ0n) is 14.2. The van der Waals surface area contributed by atoms with Crippen molar-refractivity contribution in [3.8, 4) is 11.3 Å². The van der Waals surface area contributed by atoms with Gasteiger partial charge in [-0.1, -0.05) is 71.9 Å². The normalized spacial score (nSPS) is 11.9. The van der Waals surface area contributed by atoms with Crippen LogP contribution >= 0.6 is 23.1 Å². The number of amides is 1. The second kappa shape index (κ2) is 8.32. The van der Waals surface area contributed by atoms with E-state index in [2.05, 4.69) is 41.5 Å². The van der Waals surface area contributed by atoms with Crippen molar-refractivity contribution in [2.75, 3.05) is 0 Å². The largest absolute Gasteiger partial charge is 0.351 e. The van der Waals surface area contributed by atoms with E-state index >= 15 is 0 Å². The quantitative estimate of drug-likeness (QED) is 0.628. The molecule has 128 valence electrons. The van der Waals surface area contributed by atoms with Gasteiger partial charge in [-0.05, 0) is 19.4 Å². The molecule has 0 aliphatic rings. The van der Waals surface area contributed by atoms with Crippen molar-refractivity contribution in [3.05, 3.63) is 71.1 Å². The molecule has 25 heavy (non-hydrogen) atoms. The molecule has 0 saturated carbocycles. The third-order valence-corrected chi connectivity index (χ3v) is 5.86. The molecule has 0 saturated heterocycles. The fourth-order valence-electron chi connectivity index (χ4n) is 2.30. The van der Waals surface area contributed by atoms with Gasteiger partial charge in [-0.25, -0.2) is 4.98 Å². The zero-order valence-corrected chi connectivity index (χ0v) is 15.9. The molecule has 0 aliphatic heterocycles. The van der Waals surface area contributed by atoms with Gasteiger partial charge in [0, 0.05) is 17.5 Å². The van der Waals surface area contributed by atoms with Crippen LogP contribution in [-0.4, -0.2) is 16.1 Å². The molecule has 3 rings (SSSR count). The fourth-order valence-corrected chi connectivity index (χ4v) is 4.30. The summed E-state index contributed by atoms with van der Waals surface area (Å²) >= 11 is 3.08. The van der Waals surface area contributed by atoms with Crippen LogP contribution in [0, 0.1) is 6.92 Å². The molecule has 2 aromatic carbocycles. The molecule has 1 unspecified atom stereocenters. The predicted octanol–water partition coefficient (Wildman–Crippen LogP) is 4.92. The summed E-state index contributed by atoms with van der Waals surface area (Å²) < 4.78 is 0.915. The lowest BCUT2D eigenvalue weighted by molar-refractivity contribution is -0.120. The van der Waals surface area contributed by atoms with Crippen molar-refractivity contribution < 1.29 is 4.79 Å². The molecule has 0 bridgehead atoms. The standard InChI is InChI=1S/C20H20N2OS2/c1-14-8-10-17(11-9-14)18-13-24-20(22-18)25-15(2)19(23)21-12-16-6-4-3-5-7-16/h3-11,13,15H,12H2,1-2H3,(H,21,23). The van der Waals surface area contributed by atoms with Gasteiger partial charge in [0.1, 0.15) is 0 Å². The molecule has 0 spiro atoms. The first-order valence-corrected chi connectivity index (χ1v) is 9.88. The molecule has 3 nitrogen and oxygen atoms in total. The highest BCUT2D eigenvalue weighted by atomic mass is 32.2. The Balaban J connectivity index is 1.56. The van der Waals surface area contributed by atoms with Crippen molar-refractivity contribution >= 4 is 29.0 Å². The minimum atomic E-state index is -0.180. The first-order chi connectivity index (χ1) is 12.1. The summed E-state index contributed by atoms with van der Waals surface area (Å²) in [5.74, 6) is 0.0286. The number of carbonyl (C=O) groups is 1. The Morgan fingerprint density at radius 2 is 1.88 bits per heavy atom. The maximum atomic E-state index is 12.3. The summed E-state index contributed by atoms with van der Waals surface area (Å²) in [7, 11) is 0. The van der Waals surface area contributed by atoms with E-state index in [9.17, 15) is 4.79 Å². The minimum Gasteiger partial charge on any atom is -0.351 e. The predicted molar refractivity (Wildman–Crippen MR) is 106 cm³/mol. The van der Waals surface area contributed by atoms with E-state index in [-0.39, 0.29) is 11.2 Å². The molecule has 1 aromatic heterocycles. The first-order valence-electron chi connectivity index (χ1n) is 8.12. The second-order valence-corrected chi connectivity index (χ2v) is 8.27. The molecule has 3 aromatic rings. The fraction of sp³-hybridized carbons (Fsp3) is 0.200. The lowest BCUT2D eigenvalue weighted by Crippen LogP contribution is -2.30. The van der Waals surface area contributed by atoms with Crippen LogP contribution in [0.3, 0.4) is 0 Å². The number of nitrogens with zero attached hydrogens (tertiary/aromatic N) is 1. The molecule has 5 heteroatoms. The Morgan fingerprint density at radius 1 is 1.16 bits per heavy atom. The molecule has 0 fully saturated rings. The molecule has 1 atom stereocenters. The second-order valence-electron chi connectivity index (χ2n) is 5.83. The lowest BCUT2D eigenvalue weighted by atomic mass is 10.1. The molecular weight excluding hydrogens is 348 g/mol. The van der Waals surface area contributed by atoms with Gasteiger partial charge in [0.2, 0.25) is 5.91 Å². The van der Waals surface area contributed by atoms with Gasteiger partial charge < -0.3 is 5.32 Å². The van der Waals surface area contributed by atoms with Crippen LogP contribution in [0.25, 0.3) is 11.3 Å². The highest BCUT2D eigenvalue weighted by Crippen LogP contribution is 2.31. The van der Waals surface area contributed by atoms with Crippen LogP contribution in [0.5, 0.6) is 0 Å². The number of benzene rings is 2. The third kappa shape index (κ3) is 4.94. The third-order valence-electron chi connectivity index (χ3n) is 3.79. The molecule has 1 heterocycles. The smallest absolute Gasteiger partial charge is 0.233 e. The van der Waals surface area contributed by atoms with Crippen LogP contribution in [0.15, 0.2) is 64.3 Å². The van der Waals surface area contributed by atoms with E-state index in [1.165, 1.54) is 17.3 Å². The number of aromatic nitrogens is 1. The molecule has 1 amide bonds. The maximum absolute atomic E-state index is 12.3. The monoisotopic (exact) mass is 368 g/mol. The number of rotatable bonds is 6. The highest BCUT2D eigenvalue weighted by Gasteiger charge is 2.16. The number of nitrogens with one attached hydrogen (secondary N) is 1. The average molecular weight is 369 g/mol. The number of hydrogen-bond acceptors (Lipinski definition) is 4. The summed E-state index contributed by atoms with van der Waals surface area (Å²) in [6.45, 7) is 4.54. The Morgan fingerprint density at radius 3 is 2.60 bits per heavy atom. The van der Waals surface area contributed by atoms with Gasteiger partial charge in [0.25, 0.3) is 0 Å². The van der Waals surface area contributed by atoms with Crippen molar-refractivity contribution in [3.63, 3.8) is 0 Å². The molecule has 1 N–H and O–H groups in total. The van der Waals surface area contributed by atoms with E-state index in [1.54, 1.807) is 11.3 Å². The number of thiazole rings is 1. The average Bonchev–Trinajstić information content (AvgIpc) is 3.09. The Hall–Kier alpha value is -2.11. The van der Waals surface area contributed by atoms with Crippen molar-refractivity contribution in [1.82, 2.24) is 10.3 Å². The van der Waals surface area contributed by atoms with Gasteiger partial charge in [-0.15, -0.1) is 11.3 Å². The lowest BCUT2D eigenvalue weighted by Gasteiger charge is -2.10. The number of aryl methyl sites for hydroxylation is 1. The van der Waals surface area contributed by atoms with E-state index in [0.717, 1.165) is 21.2 Å². The number of thioether (sulfide) groups is 1. The first kappa shape index (κ1) is 17.7.